The van der Waals surface area contributed by atoms with E-state index in [4.69, 9.17) is 9.63 Å². The second kappa shape index (κ2) is 5.24. The number of phenols is 2. The van der Waals surface area contributed by atoms with Gasteiger partial charge in [-0.1, -0.05) is 17.3 Å². The fraction of sp³-hybridized carbons (Fsp3) is 0.0667. The molecule has 0 radical (unpaired) electrons. The molecular formula is C15H11FN2O3. The first kappa shape index (κ1) is 13.1. The number of hydrogen-bond acceptors (Lipinski definition) is 5. The molecular weight excluding hydrogens is 275 g/mol. The highest BCUT2D eigenvalue weighted by Crippen LogP contribution is 2.23. The summed E-state index contributed by atoms with van der Waals surface area (Å²) in [5, 5.41) is 22.2. The second-order valence-electron chi connectivity index (χ2n) is 4.52. The smallest absolute Gasteiger partial charge is 0.231 e. The molecule has 0 atom stereocenters. The highest BCUT2D eigenvalue weighted by molar-refractivity contribution is 5.55. The van der Waals surface area contributed by atoms with Gasteiger partial charge in [0, 0.05) is 5.56 Å². The highest BCUT2D eigenvalue weighted by atomic mass is 19.1. The van der Waals surface area contributed by atoms with Gasteiger partial charge in [-0.05, 0) is 35.9 Å². The number of halogens is 1. The van der Waals surface area contributed by atoms with Crippen molar-refractivity contribution in [2.75, 3.05) is 0 Å². The molecule has 1 heterocycles. The average Bonchev–Trinajstić information content (AvgIpc) is 2.93. The van der Waals surface area contributed by atoms with Crippen molar-refractivity contribution < 1.29 is 19.1 Å². The van der Waals surface area contributed by atoms with Crippen LogP contribution >= 0.6 is 0 Å². The van der Waals surface area contributed by atoms with Crippen LogP contribution in [-0.4, -0.2) is 20.4 Å². The molecule has 3 aromatic rings. The van der Waals surface area contributed by atoms with Crippen LogP contribution in [-0.2, 0) is 6.42 Å². The third-order valence-corrected chi connectivity index (χ3v) is 2.97. The third kappa shape index (κ3) is 2.84. The lowest BCUT2D eigenvalue weighted by Gasteiger charge is -1.97. The Kier molecular flexibility index (Phi) is 3.27. The number of rotatable bonds is 3. The molecule has 0 aliphatic rings. The van der Waals surface area contributed by atoms with Crippen molar-refractivity contribution in [3.05, 3.63) is 59.7 Å². The molecule has 0 amide bonds. The van der Waals surface area contributed by atoms with Gasteiger partial charge in [-0.25, -0.2) is 4.39 Å². The first-order valence-electron chi connectivity index (χ1n) is 6.21. The largest absolute Gasteiger partial charge is 0.508 e. The predicted octanol–water partition coefficient (Wildman–Crippen LogP) is 2.88. The molecule has 0 fully saturated rings. The molecule has 21 heavy (non-hydrogen) atoms. The third-order valence-electron chi connectivity index (χ3n) is 2.97. The van der Waals surface area contributed by atoms with Crippen molar-refractivity contribution in [3.8, 4) is 22.9 Å². The van der Waals surface area contributed by atoms with E-state index in [9.17, 15) is 9.50 Å². The fourth-order valence-electron chi connectivity index (χ4n) is 1.88. The van der Waals surface area contributed by atoms with Gasteiger partial charge in [0.25, 0.3) is 0 Å². The summed E-state index contributed by atoms with van der Waals surface area (Å²) in [4.78, 5) is 4.18. The lowest BCUT2D eigenvalue weighted by molar-refractivity contribution is 0.385. The topological polar surface area (TPSA) is 79.4 Å². The van der Waals surface area contributed by atoms with E-state index < -0.39 is 11.6 Å². The Balaban J connectivity index is 1.82. The van der Waals surface area contributed by atoms with Crippen LogP contribution in [0.2, 0.25) is 0 Å². The quantitative estimate of drug-likeness (QED) is 0.774. The Morgan fingerprint density at radius 3 is 2.52 bits per heavy atom. The second-order valence-corrected chi connectivity index (χ2v) is 4.52. The summed E-state index contributed by atoms with van der Waals surface area (Å²) < 4.78 is 18.4. The summed E-state index contributed by atoms with van der Waals surface area (Å²) in [7, 11) is 0. The zero-order valence-electron chi connectivity index (χ0n) is 10.8. The monoisotopic (exact) mass is 286 g/mol. The summed E-state index contributed by atoms with van der Waals surface area (Å²) in [6, 6.07) is 10.5. The number of aromatic nitrogens is 2. The molecule has 0 bridgehead atoms. The minimum Gasteiger partial charge on any atom is -0.508 e. The molecule has 6 heteroatoms. The number of hydrogen-bond donors (Lipinski definition) is 2. The van der Waals surface area contributed by atoms with E-state index in [-0.39, 0.29) is 11.6 Å². The fourth-order valence-corrected chi connectivity index (χ4v) is 1.88. The van der Waals surface area contributed by atoms with Crippen LogP contribution in [0.4, 0.5) is 4.39 Å². The maximum Gasteiger partial charge on any atom is 0.231 e. The van der Waals surface area contributed by atoms with Crippen LogP contribution in [0, 0.1) is 5.82 Å². The Morgan fingerprint density at radius 1 is 1.05 bits per heavy atom. The van der Waals surface area contributed by atoms with Crippen molar-refractivity contribution in [1.29, 1.82) is 0 Å². The van der Waals surface area contributed by atoms with E-state index in [0.717, 1.165) is 11.6 Å². The minimum atomic E-state index is -0.739. The van der Waals surface area contributed by atoms with Gasteiger partial charge in [-0.2, -0.15) is 4.98 Å². The Bertz CT molecular complexity index is 769. The van der Waals surface area contributed by atoms with Crippen molar-refractivity contribution in [2.45, 2.75) is 6.42 Å². The van der Waals surface area contributed by atoms with E-state index in [1.807, 2.05) is 0 Å². The summed E-state index contributed by atoms with van der Waals surface area (Å²) >= 11 is 0. The molecule has 0 aliphatic carbocycles. The van der Waals surface area contributed by atoms with Crippen LogP contribution in [0.25, 0.3) is 11.4 Å². The normalized spacial score (nSPS) is 10.7. The summed E-state index contributed by atoms with van der Waals surface area (Å²) in [5.74, 6) is -0.347. The van der Waals surface area contributed by atoms with Gasteiger partial charge in [0.15, 0.2) is 11.6 Å². The molecule has 106 valence electrons. The zero-order chi connectivity index (χ0) is 14.8. The average molecular weight is 286 g/mol. The number of aromatic hydroxyl groups is 2. The molecule has 5 nitrogen and oxygen atoms in total. The summed E-state index contributed by atoms with van der Waals surface area (Å²) in [6.45, 7) is 0. The van der Waals surface area contributed by atoms with Crippen LogP contribution < -0.4 is 0 Å². The van der Waals surface area contributed by atoms with Crippen LogP contribution in [0.1, 0.15) is 11.5 Å². The predicted molar refractivity (Wildman–Crippen MR) is 72.3 cm³/mol. The summed E-state index contributed by atoms with van der Waals surface area (Å²) in [5.41, 5.74) is 1.32. The molecule has 1 aromatic heterocycles. The molecule has 0 spiro atoms. The van der Waals surface area contributed by atoms with E-state index >= 15 is 0 Å². The number of benzene rings is 2. The maximum atomic E-state index is 13.3. The molecule has 0 unspecified atom stereocenters. The van der Waals surface area contributed by atoms with Crippen molar-refractivity contribution in [1.82, 2.24) is 10.1 Å². The van der Waals surface area contributed by atoms with Crippen molar-refractivity contribution in [2.24, 2.45) is 0 Å². The molecule has 0 saturated carbocycles. The van der Waals surface area contributed by atoms with Gasteiger partial charge in [0.2, 0.25) is 11.7 Å². The van der Waals surface area contributed by atoms with Crippen LogP contribution in [0.3, 0.4) is 0 Å². The van der Waals surface area contributed by atoms with Crippen LogP contribution in [0.15, 0.2) is 47.0 Å². The van der Waals surface area contributed by atoms with Gasteiger partial charge >= 0.3 is 0 Å². The maximum absolute atomic E-state index is 13.3. The molecule has 0 aliphatic heterocycles. The molecule has 3 rings (SSSR count). The minimum absolute atomic E-state index is 0.185. The lowest BCUT2D eigenvalue weighted by atomic mass is 10.1. The SMILES string of the molecule is Oc1ccc(Cc2nc(-c3ccc(O)c(F)c3)no2)cc1. The Labute approximate surface area is 119 Å². The lowest BCUT2D eigenvalue weighted by Crippen LogP contribution is -1.88. The van der Waals surface area contributed by atoms with Gasteiger partial charge in [0.1, 0.15) is 5.75 Å². The standard InChI is InChI=1S/C15H11FN2O3/c16-12-8-10(3-6-13(12)20)15-17-14(21-18-15)7-9-1-4-11(19)5-2-9/h1-6,8,19-20H,7H2. The van der Waals surface area contributed by atoms with E-state index in [0.29, 0.717) is 17.9 Å². The Morgan fingerprint density at radius 2 is 1.81 bits per heavy atom. The van der Waals surface area contributed by atoms with Crippen LogP contribution in [0.5, 0.6) is 11.5 Å². The summed E-state index contributed by atoms with van der Waals surface area (Å²) in [6.07, 6.45) is 0.411. The number of phenolic OH excluding ortho intramolecular Hbond substituents is 2. The zero-order valence-corrected chi connectivity index (χ0v) is 10.8. The molecule has 2 N–H and O–H groups in total. The molecule has 2 aromatic carbocycles. The van der Waals surface area contributed by atoms with E-state index in [1.54, 1.807) is 24.3 Å². The van der Waals surface area contributed by atoms with Crippen molar-refractivity contribution >= 4 is 0 Å². The number of nitrogens with zero attached hydrogens (tertiary/aromatic N) is 2. The van der Waals surface area contributed by atoms with E-state index in [1.165, 1.54) is 12.1 Å². The Hall–Kier alpha value is -2.89. The first-order valence-corrected chi connectivity index (χ1v) is 6.21. The van der Waals surface area contributed by atoms with Crippen molar-refractivity contribution in [3.63, 3.8) is 0 Å². The molecule has 0 saturated heterocycles. The first-order chi connectivity index (χ1) is 10.1. The van der Waals surface area contributed by atoms with E-state index in [2.05, 4.69) is 10.1 Å². The van der Waals surface area contributed by atoms with Gasteiger partial charge in [-0.15, -0.1) is 0 Å². The van der Waals surface area contributed by atoms with Gasteiger partial charge in [0.05, 0.1) is 6.42 Å². The van der Waals surface area contributed by atoms with Gasteiger partial charge < -0.3 is 14.7 Å². The van der Waals surface area contributed by atoms with Gasteiger partial charge in [-0.3, -0.25) is 0 Å². The highest BCUT2D eigenvalue weighted by Gasteiger charge is 2.11.